The van der Waals surface area contributed by atoms with Gasteiger partial charge in [-0.2, -0.15) is 0 Å². The van der Waals surface area contributed by atoms with Crippen LogP contribution in [0.4, 0.5) is 0 Å². The first kappa shape index (κ1) is 17.5. The second-order valence-electron chi connectivity index (χ2n) is 7.12. The van der Waals surface area contributed by atoms with Crippen LogP contribution in [0.1, 0.15) is 56.9 Å². The van der Waals surface area contributed by atoms with E-state index in [1.807, 2.05) is 24.3 Å². The number of amides is 2. The van der Waals surface area contributed by atoms with Gasteiger partial charge in [0.1, 0.15) is 0 Å². The minimum atomic E-state index is -0.230. The number of halogens is 1. The van der Waals surface area contributed by atoms with Gasteiger partial charge in [0, 0.05) is 10.9 Å². The molecule has 0 saturated heterocycles. The first-order valence-corrected chi connectivity index (χ1v) is 9.70. The smallest absolute Gasteiger partial charge is 0.240 e. The molecule has 2 fully saturated rings. The molecule has 1 aromatic carbocycles. The maximum absolute atomic E-state index is 12.2. The SMILES string of the molecule is O=C(CC1CCCCC1)NCC(=O)NC1(c2ccc(Br)cc2)CC1. The van der Waals surface area contributed by atoms with Gasteiger partial charge in [-0.3, -0.25) is 9.59 Å². The zero-order chi connectivity index (χ0) is 17.0. The molecule has 0 radical (unpaired) electrons. The van der Waals surface area contributed by atoms with Crippen LogP contribution in [0.3, 0.4) is 0 Å². The summed E-state index contributed by atoms with van der Waals surface area (Å²) in [5.41, 5.74) is 0.902. The molecule has 0 aromatic heterocycles. The third kappa shape index (κ3) is 4.59. The Morgan fingerprint density at radius 1 is 1.04 bits per heavy atom. The van der Waals surface area contributed by atoms with E-state index in [-0.39, 0.29) is 23.9 Å². The van der Waals surface area contributed by atoms with E-state index in [9.17, 15) is 9.59 Å². The molecule has 1 aromatic rings. The quantitative estimate of drug-likeness (QED) is 0.775. The Labute approximate surface area is 151 Å². The van der Waals surface area contributed by atoms with Gasteiger partial charge >= 0.3 is 0 Å². The number of nitrogens with one attached hydrogen (secondary N) is 2. The number of hydrogen-bond donors (Lipinski definition) is 2. The highest BCUT2D eigenvalue weighted by Crippen LogP contribution is 2.45. The highest BCUT2D eigenvalue weighted by Gasteiger charge is 2.45. The molecular formula is C19H25BrN2O2. The van der Waals surface area contributed by atoms with Crippen molar-refractivity contribution in [2.45, 2.75) is 56.9 Å². The van der Waals surface area contributed by atoms with Crippen LogP contribution in [-0.4, -0.2) is 18.4 Å². The molecule has 2 aliphatic carbocycles. The number of carbonyl (C=O) groups is 2. The zero-order valence-corrected chi connectivity index (χ0v) is 15.5. The molecule has 0 bridgehead atoms. The summed E-state index contributed by atoms with van der Waals surface area (Å²) in [6.45, 7) is 0.0732. The van der Waals surface area contributed by atoms with Crippen molar-refractivity contribution in [1.29, 1.82) is 0 Å². The van der Waals surface area contributed by atoms with Gasteiger partial charge in [-0.15, -0.1) is 0 Å². The fraction of sp³-hybridized carbons (Fsp3) is 0.579. The second kappa shape index (κ2) is 7.68. The molecule has 4 nitrogen and oxygen atoms in total. The van der Waals surface area contributed by atoms with Crippen LogP contribution in [0.5, 0.6) is 0 Å². The maximum Gasteiger partial charge on any atom is 0.240 e. The monoisotopic (exact) mass is 392 g/mol. The summed E-state index contributed by atoms with van der Waals surface area (Å²) in [6, 6.07) is 8.07. The maximum atomic E-state index is 12.2. The largest absolute Gasteiger partial charge is 0.347 e. The third-order valence-corrected chi connectivity index (χ3v) is 5.70. The highest BCUT2D eigenvalue weighted by molar-refractivity contribution is 9.10. The molecule has 24 heavy (non-hydrogen) atoms. The summed E-state index contributed by atoms with van der Waals surface area (Å²) in [5.74, 6) is 0.400. The Balaban J connectivity index is 1.44. The van der Waals surface area contributed by atoms with Gasteiger partial charge < -0.3 is 10.6 Å². The molecule has 0 heterocycles. The van der Waals surface area contributed by atoms with Gasteiger partial charge in [-0.25, -0.2) is 0 Å². The van der Waals surface area contributed by atoms with Gasteiger partial charge in [0.15, 0.2) is 0 Å². The number of benzene rings is 1. The summed E-state index contributed by atoms with van der Waals surface area (Å²) < 4.78 is 1.03. The lowest BCUT2D eigenvalue weighted by Crippen LogP contribution is -2.42. The number of carbonyl (C=O) groups excluding carboxylic acids is 2. The Morgan fingerprint density at radius 3 is 2.33 bits per heavy atom. The van der Waals surface area contributed by atoms with Crippen LogP contribution >= 0.6 is 15.9 Å². The van der Waals surface area contributed by atoms with E-state index in [1.54, 1.807) is 0 Å². The molecule has 130 valence electrons. The molecule has 5 heteroatoms. The summed E-state index contributed by atoms with van der Waals surface area (Å²) in [5, 5.41) is 5.88. The molecule has 3 rings (SSSR count). The normalized spacial score (nSPS) is 19.5. The fourth-order valence-corrected chi connectivity index (χ4v) is 3.86. The zero-order valence-electron chi connectivity index (χ0n) is 13.9. The van der Waals surface area contributed by atoms with E-state index < -0.39 is 0 Å². The lowest BCUT2D eigenvalue weighted by molar-refractivity contribution is -0.127. The van der Waals surface area contributed by atoms with Crippen LogP contribution in [-0.2, 0) is 15.1 Å². The van der Waals surface area contributed by atoms with Crippen LogP contribution in [0.15, 0.2) is 28.7 Å². The number of rotatable bonds is 6. The van der Waals surface area contributed by atoms with Gasteiger partial charge in [-0.05, 0) is 49.3 Å². The van der Waals surface area contributed by atoms with E-state index in [0.717, 1.165) is 35.7 Å². The summed E-state index contributed by atoms with van der Waals surface area (Å²) in [4.78, 5) is 24.2. The molecule has 2 amide bonds. The van der Waals surface area contributed by atoms with Crippen molar-refractivity contribution in [2.24, 2.45) is 5.92 Å². The van der Waals surface area contributed by atoms with E-state index in [4.69, 9.17) is 0 Å². The Kier molecular flexibility index (Phi) is 5.59. The average Bonchev–Trinajstić information content (AvgIpc) is 3.35. The molecule has 2 N–H and O–H groups in total. The van der Waals surface area contributed by atoms with Crippen LogP contribution in [0, 0.1) is 5.92 Å². The first-order chi connectivity index (χ1) is 11.6. The molecule has 0 spiro atoms. The van der Waals surface area contributed by atoms with E-state index in [1.165, 1.54) is 19.3 Å². The summed E-state index contributed by atoms with van der Waals surface area (Å²) in [6.07, 6.45) is 8.51. The van der Waals surface area contributed by atoms with Crippen molar-refractivity contribution in [3.8, 4) is 0 Å². The summed E-state index contributed by atoms with van der Waals surface area (Å²) in [7, 11) is 0. The van der Waals surface area contributed by atoms with Gasteiger partial charge in [-0.1, -0.05) is 47.3 Å². The molecule has 2 aliphatic rings. The van der Waals surface area contributed by atoms with Crippen molar-refractivity contribution < 1.29 is 9.59 Å². The van der Waals surface area contributed by atoms with Crippen molar-refractivity contribution in [3.63, 3.8) is 0 Å². The molecule has 0 unspecified atom stereocenters. The Bertz CT molecular complexity index is 590. The summed E-state index contributed by atoms with van der Waals surface area (Å²) >= 11 is 3.43. The third-order valence-electron chi connectivity index (χ3n) is 5.17. The van der Waals surface area contributed by atoms with E-state index in [2.05, 4.69) is 26.6 Å². The lowest BCUT2D eigenvalue weighted by atomic mass is 9.87. The molecular weight excluding hydrogens is 368 g/mol. The van der Waals surface area contributed by atoms with Crippen molar-refractivity contribution in [2.75, 3.05) is 6.54 Å². The highest BCUT2D eigenvalue weighted by atomic mass is 79.9. The van der Waals surface area contributed by atoms with Crippen molar-refractivity contribution >= 4 is 27.7 Å². The van der Waals surface area contributed by atoms with Gasteiger partial charge in [0.2, 0.25) is 11.8 Å². The topological polar surface area (TPSA) is 58.2 Å². The van der Waals surface area contributed by atoms with Crippen molar-refractivity contribution in [3.05, 3.63) is 34.3 Å². The van der Waals surface area contributed by atoms with Crippen LogP contribution in [0.25, 0.3) is 0 Å². The minimum absolute atomic E-state index is 0.00513. The van der Waals surface area contributed by atoms with Crippen LogP contribution in [0.2, 0.25) is 0 Å². The Morgan fingerprint density at radius 2 is 1.71 bits per heavy atom. The predicted molar refractivity (Wildman–Crippen MR) is 97.4 cm³/mol. The van der Waals surface area contributed by atoms with Crippen molar-refractivity contribution in [1.82, 2.24) is 10.6 Å². The predicted octanol–water partition coefficient (Wildman–Crippen LogP) is 3.64. The molecule has 2 saturated carbocycles. The minimum Gasteiger partial charge on any atom is -0.347 e. The Hall–Kier alpha value is -1.36. The van der Waals surface area contributed by atoms with E-state index in [0.29, 0.717) is 12.3 Å². The molecule has 0 atom stereocenters. The first-order valence-electron chi connectivity index (χ1n) is 8.91. The number of hydrogen-bond acceptors (Lipinski definition) is 2. The van der Waals surface area contributed by atoms with E-state index >= 15 is 0 Å². The van der Waals surface area contributed by atoms with Crippen LogP contribution < -0.4 is 10.6 Å². The van der Waals surface area contributed by atoms with Gasteiger partial charge in [0.05, 0.1) is 12.1 Å². The lowest BCUT2D eigenvalue weighted by Gasteiger charge is -2.21. The standard InChI is InChI=1S/C19H25BrN2O2/c20-16-8-6-15(7-9-16)19(10-11-19)22-18(24)13-21-17(23)12-14-4-2-1-3-5-14/h6-9,14H,1-5,10-13H2,(H,21,23)(H,22,24). The fourth-order valence-electron chi connectivity index (χ4n) is 3.60. The van der Waals surface area contributed by atoms with Gasteiger partial charge in [0.25, 0.3) is 0 Å². The second-order valence-corrected chi connectivity index (χ2v) is 8.04. The average molecular weight is 393 g/mol. The molecule has 0 aliphatic heterocycles.